The van der Waals surface area contributed by atoms with Gasteiger partial charge >= 0.3 is 0 Å². The lowest BCUT2D eigenvalue weighted by atomic mass is 10.2. The van der Waals surface area contributed by atoms with Crippen molar-refractivity contribution in [1.29, 1.82) is 0 Å². The van der Waals surface area contributed by atoms with Gasteiger partial charge < -0.3 is 20.1 Å². The van der Waals surface area contributed by atoms with Crippen LogP contribution in [-0.2, 0) is 4.79 Å². The van der Waals surface area contributed by atoms with Crippen LogP contribution in [0.4, 0.5) is 11.4 Å². The second-order valence-electron chi connectivity index (χ2n) is 7.00. The van der Waals surface area contributed by atoms with E-state index >= 15 is 0 Å². The Morgan fingerprint density at radius 3 is 2.41 bits per heavy atom. The van der Waals surface area contributed by atoms with Crippen LogP contribution >= 0.6 is 0 Å². The first-order chi connectivity index (χ1) is 13.0. The Morgan fingerprint density at radius 2 is 1.74 bits per heavy atom. The molecule has 2 rings (SSSR count). The maximum absolute atomic E-state index is 12.2. The first kappa shape index (κ1) is 20.6. The highest BCUT2D eigenvalue weighted by Gasteiger charge is 2.06. The van der Waals surface area contributed by atoms with E-state index < -0.39 is 0 Å². The van der Waals surface area contributed by atoms with Gasteiger partial charge in [0.15, 0.2) is 0 Å². The minimum Gasteiger partial charge on any atom is -0.493 e. The third-order valence-corrected chi connectivity index (χ3v) is 3.92. The second kappa shape index (κ2) is 10.5. The fourth-order valence-corrected chi connectivity index (χ4v) is 2.28. The van der Waals surface area contributed by atoms with E-state index in [9.17, 15) is 4.79 Å². The van der Waals surface area contributed by atoms with Crippen molar-refractivity contribution in [3.8, 4) is 11.5 Å². The average molecular weight is 370 g/mol. The van der Waals surface area contributed by atoms with Crippen LogP contribution in [0.2, 0.25) is 0 Å². The van der Waals surface area contributed by atoms with Crippen molar-refractivity contribution in [3.63, 3.8) is 0 Å². The molecule has 146 valence electrons. The first-order valence-corrected chi connectivity index (χ1v) is 9.49. The average Bonchev–Trinajstić information content (AvgIpc) is 2.65. The molecule has 0 spiro atoms. The highest BCUT2D eigenvalue weighted by atomic mass is 16.5. The monoisotopic (exact) mass is 370 g/mol. The predicted molar refractivity (Wildman–Crippen MR) is 111 cm³/mol. The molecule has 0 heterocycles. The molecule has 5 heteroatoms. The standard InChI is InChI=1S/C22H30N2O3/c1-5-17(4)27-21-8-6-7-19(13-21)24-22(25)14-23-18-9-11-20(12-10-18)26-15-16(2)3/h6-13,16-17,23H,5,14-15H2,1-4H3,(H,24,25). The van der Waals surface area contributed by atoms with Crippen molar-refractivity contribution in [2.75, 3.05) is 23.8 Å². The van der Waals surface area contributed by atoms with Gasteiger partial charge in [0.1, 0.15) is 11.5 Å². The normalized spacial score (nSPS) is 11.7. The molecular formula is C22H30N2O3. The second-order valence-corrected chi connectivity index (χ2v) is 7.00. The molecule has 0 saturated carbocycles. The summed E-state index contributed by atoms with van der Waals surface area (Å²) < 4.78 is 11.4. The molecule has 0 bridgehead atoms. The number of ether oxygens (including phenoxy) is 2. The summed E-state index contributed by atoms with van der Waals surface area (Å²) in [5, 5.41) is 6.00. The minimum absolute atomic E-state index is 0.115. The van der Waals surface area contributed by atoms with Crippen LogP contribution in [0.3, 0.4) is 0 Å². The van der Waals surface area contributed by atoms with Crippen molar-refractivity contribution in [2.24, 2.45) is 5.92 Å². The van der Waals surface area contributed by atoms with Gasteiger partial charge in [-0.1, -0.05) is 26.8 Å². The largest absolute Gasteiger partial charge is 0.493 e. The molecule has 2 aromatic carbocycles. The molecule has 0 aliphatic rings. The zero-order chi connectivity index (χ0) is 19.6. The van der Waals surface area contributed by atoms with E-state index in [0.29, 0.717) is 12.5 Å². The van der Waals surface area contributed by atoms with Gasteiger partial charge in [0.05, 0.1) is 19.3 Å². The van der Waals surface area contributed by atoms with Gasteiger partial charge in [-0.3, -0.25) is 4.79 Å². The molecule has 1 unspecified atom stereocenters. The zero-order valence-corrected chi connectivity index (χ0v) is 16.6. The molecule has 0 aliphatic heterocycles. The Bertz CT molecular complexity index is 714. The maximum Gasteiger partial charge on any atom is 0.243 e. The van der Waals surface area contributed by atoms with Crippen LogP contribution in [0.1, 0.15) is 34.1 Å². The van der Waals surface area contributed by atoms with E-state index in [1.807, 2.05) is 55.5 Å². The highest BCUT2D eigenvalue weighted by Crippen LogP contribution is 2.19. The van der Waals surface area contributed by atoms with Crippen LogP contribution in [0, 0.1) is 5.92 Å². The smallest absolute Gasteiger partial charge is 0.243 e. The zero-order valence-electron chi connectivity index (χ0n) is 16.6. The number of anilines is 2. The summed E-state index contributed by atoms with van der Waals surface area (Å²) in [5.74, 6) is 1.96. The van der Waals surface area contributed by atoms with Gasteiger partial charge in [-0.05, 0) is 55.7 Å². The topological polar surface area (TPSA) is 59.6 Å². The Balaban J connectivity index is 1.81. The Hall–Kier alpha value is -2.69. The van der Waals surface area contributed by atoms with Crippen molar-refractivity contribution in [1.82, 2.24) is 0 Å². The Labute approximate surface area is 162 Å². The molecule has 0 aliphatic carbocycles. The van der Waals surface area contributed by atoms with E-state index in [2.05, 4.69) is 31.4 Å². The summed E-state index contributed by atoms with van der Waals surface area (Å²) in [4.78, 5) is 12.2. The molecule has 27 heavy (non-hydrogen) atoms. The van der Waals surface area contributed by atoms with Gasteiger partial charge in [0, 0.05) is 17.4 Å². The summed E-state index contributed by atoms with van der Waals surface area (Å²) in [6.07, 6.45) is 1.08. The molecule has 0 radical (unpaired) electrons. The molecule has 0 saturated heterocycles. The number of benzene rings is 2. The molecule has 1 amide bonds. The van der Waals surface area contributed by atoms with Crippen LogP contribution in [0.5, 0.6) is 11.5 Å². The van der Waals surface area contributed by atoms with Crippen molar-refractivity contribution in [2.45, 2.75) is 40.2 Å². The number of hydrogen-bond donors (Lipinski definition) is 2. The Kier molecular flexibility index (Phi) is 7.99. The molecule has 5 nitrogen and oxygen atoms in total. The number of carbonyl (C=O) groups is 1. The van der Waals surface area contributed by atoms with Gasteiger partial charge in [0.2, 0.25) is 5.91 Å². The lowest BCUT2D eigenvalue weighted by molar-refractivity contribution is -0.114. The van der Waals surface area contributed by atoms with E-state index in [0.717, 1.165) is 29.3 Å². The number of hydrogen-bond acceptors (Lipinski definition) is 4. The van der Waals surface area contributed by atoms with Gasteiger partial charge in [-0.2, -0.15) is 0 Å². The summed E-state index contributed by atoms with van der Waals surface area (Å²) in [5.41, 5.74) is 1.59. The molecule has 1 atom stereocenters. The van der Waals surface area contributed by atoms with Gasteiger partial charge in [-0.15, -0.1) is 0 Å². The van der Waals surface area contributed by atoms with Gasteiger partial charge in [0.25, 0.3) is 0 Å². The third-order valence-electron chi connectivity index (χ3n) is 3.92. The van der Waals surface area contributed by atoms with E-state index in [4.69, 9.17) is 9.47 Å². The van der Waals surface area contributed by atoms with Crippen molar-refractivity contribution < 1.29 is 14.3 Å². The highest BCUT2D eigenvalue weighted by molar-refractivity contribution is 5.93. The van der Waals surface area contributed by atoms with Crippen LogP contribution in [0.25, 0.3) is 0 Å². The summed E-state index contributed by atoms with van der Waals surface area (Å²) in [6, 6.07) is 15.1. The molecule has 0 fully saturated rings. The van der Waals surface area contributed by atoms with Crippen LogP contribution < -0.4 is 20.1 Å². The lowest BCUT2D eigenvalue weighted by Crippen LogP contribution is -2.21. The van der Waals surface area contributed by atoms with Crippen molar-refractivity contribution >= 4 is 17.3 Å². The number of amides is 1. The van der Waals surface area contributed by atoms with Crippen molar-refractivity contribution in [3.05, 3.63) is 48.5 Å². The minimum atomic E-state index is -0.115. The predicted octanol–water partition coefficient (Wildman–Crippen LogP) is 4.95. The lowest BCUT2D eigenvalue weighted by Gasteiger charge is -2.14. The maximum atomic E-state index is 12.2. The summed E-state index contributed by atoms with van der Waals surface area (Å²) in [7, 11) is 0. The molecule has 2 N–H and O–H groups in total. The van der Waals surface area contributed by atoms with E-state index in [1.54, 1.807) is 0 Å². The van der Waals surface area contributed by atoms with Crippen LogP contribution in [0.15, 0.2) is 48.5 Å². The molecular weight excluding hydrogens is 340 g/mol. The quantitative estimate of drug-likeness (QED) is 0.621. The molecule has 0 aromatic heterocycles. The summed E-state index contributed by atoms with van der Waals surface area (Å²) >= 11 is 0. The number of rotatable bonds is 10. The Morgan fingerprint density at radius 1 is 1.00 bits per heavy atom. The molecule has 2 aromatic rings. The van der Waals surface area contributed by atoms with E-state index in [1.165, 1.54) is 0 Å². The third kappa shape index (κ3) is 7.60. The van der Waals surface area contributed by atoms with Gasteiger partial charge in [-0.25, -0.2) is 0 Å². The van der Waals surface area contributed by atoms with E-state index in [-0.39, 0.29) is 18.6 Å². The number of nitrogens with one attached hydrogen (secondary N) is 2. The van der Waals surface area contributed by atoms with Crippen LogP contribution in [-0.4, -0.2) is 25.2 Å². The fourth-order valence-electron chi connectivity index (χ4n) is 2.28. The first-order valence-electron chi connectivity index (χ1n) is 9.49. The fraction of sp³-hybridized carbons (Fsp3) is 0.409. The SMILES string of the molecule is CCC(C)Oc1cccc(NC(=O)CNc2ccc(OCC(C)C)cc2)c1. The number of carbonyl (C=O) groups excluding carboxylic acids is 1. The summed E-state index contributed by atoms with van der Waals surface area (Å²) in [6.45, 7) is 9.19.